The summed E-state index contributed by atoms with van der Waals surface area (Å²) >= 11 is 1.36. The van der Waals surface area contributed by atoms with Crippen LogP contribution in [0.3, 0.4) is 0 Å². The van der Waals surface area contributed by atoms with Gasteiger partial charge in [0.1, 0.15) is 6.33 Å². The van der Waals surface area contributed by atoms with E-state index in [1.807, 2.05) is 17.0 Å². The molecule has 0 aliphatic heterocycles. The molecule has 0 aliphatic carbocycles. The fourth-order valence-electron chi connectivity index (χ4n) is 2.96. The number of aliphatic hydroxyl groups is 2. The molecule has 1 unspecified atom stereocenters. The maximum atomic E-state index is 10.6. The first-order valence-electron chi connectivity index (χ1n) is 8.25. The minimum absolute atomic E-state index is 0.0366. The number of hydrogen-bond acceptors (Lipinski definition) is 7. The molecule has 3 aromatic rings. The molecule has 0 saturated carbocycles. The number of benzene rings is 1. The van der Waals surface area contributed by atoms with Gasteiger partial charge in [-0.2, -0.15) is 9.61 Å². The Hall–Kier alpha value is -2.00. The average molecular weight is 362 g/mol. The van der Waals surface area contributed by atoms with Gasteiger partial charge in [0.2, 0.25) is 10.8 Å². The van der Waals surface area contributed by atoms with E-state index in [4.69, 9.17) is 0 Å². The Morgan fingerprint density at radius 1 is 1.16 bits per heavy atom. The molecular formula is C17H22N4O3S. The largest absolute Gasteiger partial charge is 0.492 e. The topological polar surface area (TPSA) is 94.1 Å². The van der Waals surface area contributed by atoms with Crippen molar-refractivity contribution in [2.45, 2.75) is 19.4 Å². The van der Waals surface area contributed by atoms with Gasteiger partial charge in [-0.15, -0.1) is 0 Å². The monoisotopic (exact) mass is 362 g/mol. The lowest BCUT2D eigenvalue weighted by molar-refractivity contribution is 0.136. The van der Waals surface area contributed by atoms with Crippen molar-refractivity contribution < 1.29 is 15.3 Å². The first-order chi connectivity index (χ1) is 12.2. The fourth-order valence-corrected chi connectivity index (χ4v) is 4.05. The van der Waals surface area contributed by atoms with Gasteiger partial charge in [-0.1, -0.05) is 42.5 Å². The highest BCUT2D eigenvalue weighted by Crippen LogP contribution is 2.39. The maximum Gasteiger partial charge on any atom is 0.230 e. The maximum absolute atomic E-state index is 10.6. The number of nitrogens with zero attached hydrogens (tertiary/aromatic N) is 4. The minimum Gasteiger partial charge on any atom is -0.492 e. The molecule has 2 aromatic heterocycles. The van der Waals surface area contributed by atoms with Crippen LogP contribution in [0.15, 0.2) is 30.6 Å². The molecule has 0 fully saturated rings. The van der Waals surface area contributed by atoms with E-state index in [-0.39, 0.29) is 25.1 Å². The smallest absolute Gasteiger partial charge is 0.230 e. The van der Waals surface area contributed by atoms with Crippen LogP contribution in [-0.4, -0.2) is 61.1 Å². The number of aromatic hydroxyl groups is 1. The number of fused-ring (bicyclic) bond motifs is 1. The molecule has 134 valence electrons. The van der Waals surface area contributed by atoms with Crippen molar-refractivity contribution in [3.8, 4) is 5.88 Å². The molecule has 8 heteroatoms. The Labute approximate surface area is 149 Å². The molecule has 7 nitrogen and oxygen atoms in total. The number of aliphatic hydroxyl groups excluding tert-OH is 2. The molecule has 1 atom stereocenters. The normalized spacial score (nSPS) is 13.0. The predicted octanol–water partition coefficient (Wildman–Crippen LogP) is 1.43. The zero-order valence-corrected chi connectivity index (χ0v) is 14.9. The second kappa shape index (κ2) is 7.92. The molecule has 3 N–H and O–H groups in total. The summed E-state index contributed by atoms with van der Waals surface area (Å²) in [6, 6.07) is 7.89. The Morgan fingerprint density at radius 2 is 1.84 bits per heavy atom. The SMILES string of the molecule is CCc1ccc(C(c2sc3ncnn3c2O)N(CCO)CCO)cc1. The van der Waals surface area contributed by atoms with Crippen molar-refractivity contribution in [3.63, 3.8) is 0 Å². The quantitative estimate of drug-likeness (QED) is 0.561. The third-order valence-corrected chi connectivity index (χ3v) is 5.32. The molecule has 0 radical (unpaired) electrons. The van der Waals surface area contributed by atoms with Gasteiger partial charge in [-0.25, -0.2) is 4.98 Å². The van der Waals surface area contributed by atoms with Gasteiger partial charge in [0.05, 0.1) is 24.1 Å². The highest BCUT2D eigenvalue weighted by molar-refractivity contribution is 7.17. The Bertz CT molecular complexity index is 809. The lowest BCUT2D eigenvalue weighted by Gasteiger charge is -2.30. The zero-order chi connectivity index (χ0) is 17.8. The van der Waals surface area contributed by atoms with Crippen LogP contribution < -0.4 is 0 Å². The summed E-state index contributed by atoms with van der Waals surface area (Å²) < 4.78 is 1.41. The molecule has 0 bridgehead atoms. The van der Waals surface area contributed by atoms with Crippen LogP contribution in [0.1, 0.15) is 29.0 Å². The van der Waals surface area contributed by atoms with Gasteiger partial charge in [0, 0.05) is 13.1 Å². The number of aryl methyl sites for hydroxylation is 1. The first kappa shape index (κ1) is 17.8. The molecular weight excluding hydrogens is 340 g/mol. The lowest BCUT2D eigenvalue weighted by atomic mass is 10.0. The Balaban J connectivity index is 2.09. The van der Waals surface area contributed by atoms with E-state index in [1.165, 1.54) is 27.7 Å². The van der Waals surface area contributed by atoms with E-state index < -0.39 is 0 Å². The lowest BCUT2D eigenvalue weighted by Crippen LogP contribution is -2.34. The predicted molar refractivity (Wildman–Crippen MR) is 95.9 cm³/mol. The standard InChI is InChI=1S/C17H22N4O3S/c1-2-12-3-5-13(6-4-12)14(20(7-9-22)8-10-23)15-16(24)21-17(25-15)18-11-19-21/h3-6,11,14,22-24H,2,7-10H2,1H3. The first-order valence-corrected chi connectivity index (χ1v) is 9.07. The van der Waals surface area contributed by atoms with E-state index in [0.717, 1.165) is 12.0 Å². The van der Waals surface area contributed by atoms with Crippen molar-refractivity contribution in [3.05, 3.63) is 46.6 Å². The van der Waals surface area contributed by atoms with E-state index >= 15 is 0 Å². The zero-order valence-electron chi connectivity index (χ0n) is 14.0. The van der Waals surface area contributed by atoms with Crippen LogP contribution in [0.5, 0.6) is 5.88 Å². The highest BCUT2D eigenvalue weighted by Gasteiger charge is 2.28. The van der Waals surface area contributed by atoms with Gasteiger partial charge in [0.25, 0.3) is 0 Å². The third kappa shape index (κ3) is 3.52. The van der Waals surface area contributed by atoms with E-state index in [1.54, 1.807) is 0 Å². The van der Waals surface area contributed by atoms with Crippen molar-refractivity contribution in [2.75, 3.05) is 26.3 Å². The number of thiazole rings is 1. The Kier molecular flexibility index (Phi) is 5.64. The van der Waals surface area contributed by atoms with Gasteiger partial charge >= 0.3 is 0 Å². The van der Waals surface area contributed by atoms with Crippen molar-refractivity contribution in [1.82, 2.24) is 19.5 Å². The Morgan fingerprint density at radius 3 is 2.40 bits per heavy atom. The fraction of sp³-hybridized carbons (Fsp3) is 0.412. The molecule has 0 saturated heterocycles. The van der Waals surface area contributed by atoms with Crippen LogP contribution in [0.4, 0.5) is 0 Å². The van der Waals surface area contributed by atoms with Gasteiger partial charge in [-0.3, -0.25) is 4.90 Å². The molecule has 0 aliphatic rings. The third-order valence-electron chi connectivity index (χ3n) is 4.23. The minimum atomic E-state index is -0.293. The van der Waals surface area contributed by atoms with Gasteiger partial charge in [-0.05, 0) is 17.5 Å². The second-order valence-electron chi connectivity index (χ2n) is 5.73. The summed E-state index contributed by atoms with van der Waals surface area (Å²) in [6.45, 7) is 2.79. The van der Waals surface area contributed by atoms with Crippen molar-refractivity contribution in [2.24, 2.45) is 0 Å². The van der Waals surface area contributed by atoms with Gasteiger partial charge < -0.3 is 15.3 Å². The van der Waals surface area contributed by atoms with Crippen LogP contribution >= 0.6 is 11.3 Å². The molecule has 2 heterocycles. The molecule has 25 heavy (non-hydrogen) atoms. The van der Waals surface area contributed by atoms with Crippen LogP contribution in [0.25, 0.3) is 4.96 Å². The summed E-state index contributed by atoms with van der Waals surface area (Å²) in [5.74, 6) is 0.0444. The number of aromatic nitrogens is 3. The van der Waals surface area contributed by atoms with E-state index in [0.29, 0.717) is 22.9 Å². The van der Waals surface area contributed by atoms with E-state index in [2.05, 4.69) is 29.1 Å². The summed E-state index contributed by atoms with van der Waals surface area (Å²) in [5.41, 5.74) is 2.21. The van der Waals surface area contributed by atoms with Crippen molar-refractivity contribution >= 4 is 16.3 Å². The second-order valence-corrected chi connectivity index (χ2v) is 6.73. The molecule has 1 aromatic carbocycles. The average Bonchev–Trinajstić information content (AvgIpc) is 3.20. The molecule has 3 rings (SSSR count). The van der Waals surface area contributed by atoms with Crippen molar-refractivity contribution in [1.29, 1.82) is 0 Å². The number of rotatable bonds is 8. The number of hydrogen-bond donors (Lipinski definition) is 3. The van der Waals surface area contributed by atoms with Crippen LogP contribution in [0.2, 0.25) is 0 Å². The summed E-state index contributed by atoms with van der Waals surface area (Å²) in [6.07, 6.45) is 2.35. The van der Waals surface area contributed by atoms with Gasteiger partial charge in [0.15, 0.2) is 0 Å². The van der Waals surface area contributed by atoms with Crippen LogP contribution in [-0.2, 0) is 6.42 Å². The molecule has 0 amide bonds. The molecule has 0 spiro atoms. The highest BCUT2D eigenvalue weighted by atomic mass is 32.1. The summed E-state index contributed by atoms with van der Waals surface area (Å²) in [5, 5.41) is 33.5. The summed E-state index contributed by atoms with van der Waals surface area (Å²) in [7, 11) is 0. The van der Waals surface area contributed by atoms with Crippen LogP contribution in [0, 0.1) is 0 Å². The van der Waals surface area contributed by atoms with E-state index in [9.17, 15) is 15.3 Å². The summed E-state index contributed by atoms with van der Waals surface area (Å²) in [4.78, 5) is 7.40.